The van der Waals surface area contributed by atoms with E-state index in [1.165, 1.54) is 12.1 Å². The Kier molecular flexibility index (Phi) is 7.19. The molecule has 0 fully saturated rings. The maximum atomic E-state index is 13.0. The molecule has 1 atom stereocenters. The second-order valence-electron chi connectivity index (χ2n) is 6.48. The summed E-state index contributed by atoms with van der Waals surface area (Å²) in [6, 6.07) is 5.54. The number of aromatic hydroxyl groups is 3. The zero-order valence-corrected chi connectivity index (χ0v) is 16.9. The van der Waals surface area contributed by atoms with Crippen LogP contribution in [0.25, 0.3) is 0 Å². The van der Waals surface area contributed by atoms with Crippen molar-refractivity contribution in [2.75, 3.05) is 0 Å². The van der Waals surface area contributed by atoms with Crippen LogP contribution in [0.4, 0.5) is 0 Å². The van der Waals surface area contributed by atoms with Gasteiger partial charge in [0.15, 0.2) is 17.6 Å². The number of ketones is 1. The van der Waals surface area contributed by atoms with Crippen LogP contribution in [0.3, 0.4) is 0 Å². The predicted molar refractivity (Wildman–Crippen MR) is 104 cm³/mol. The van der Waals surface area contributed by atoms with Crippen molar-refractivity contribution in [3.8, 4) is 28.7 Å². The quantitative estimate of drug-likeness (QED) is 0.336. The van der Waals surface area contributed by atoms with Gasteiger partial charge in [-0.15, -0.1) is 0 Å². The van der Waals surface area contributed by atoms with Gasteiger partial charge in [-0.2, -0.15) is 0 Å². The number of hydrogen-bond donors (Lipinski definition) is 3. The topological polar surface area (TPSA) is 157 Å². The van der Waals surface area contributed by atoms with E-state index in [-0.39, 0.29) is 22.6 Å². The summed E-state index contributed by atoms with van der Waals surface area (Å²) in [7, 11) is 0. The van der Waals surface area contributed by atoms with Gasteiger partial charge in [-0.05, 0) is 18.2 Å². The number of carbonyl (C=O) groups excluding carboxylic acids is 4. The maximum absolute atomic E-state index is 13.0. The van der Waals surface area contributed by atoms with E-state index in [0.29, 0.717) is 0 Å². The molecule has 3 N–H and O–H groups in total. The van der Waals surface area contributed by atoms with Crippen molar-refractivity contribution in [2.24, 2.45) is 0 Å². The van der Waals surface area contributed by atoms with Gasteiger partial charge in [-0.3, -0.25) is 19.2 Å². The highest BCUT2D eigenvalue weighted by molar-refractivity contribution is 6.01. The molecular formula is C21H20O10. The van der Waals surface area contributed by atoms with Gasteiger partial charge < -0.3 is 29.5 Å². The van der Waals surface area contributed by atoms with Crippen molar-refractivity contribution in [2.45, 2.75) is 33.3 Å². The molecule has 0 heterocycles. The summed E-state index contributed by atoms with van der Waals surface area (Å²) in [5.74, 6) is -4.67. The summed E-state index contributed by atoms with van der Waals surface area (Å²) in [5, 5.41) is 29.4. The molecule has 2 aromatic rings. The fourth-order valence-electron chi connectivity index (χ4n) is 2.73. The van der Waals surface area contributed by atoms with Crippen LogP contribution in [0.5, 0.6) is 28.7 Å². The molecule has 164 valence electrons. The first-order valence-corrected chi connectivity index (χ1v) is 8.94. The average Bonchev–Trinajstić information content (AvgIpc) is 2.63. The van der Waals surface area contributed by atoms with Crippen molar-refractivity contribution in [3.05, 3.63) is 41.5 Å². The third-order valence-corrected chi connectivity index (χ3v) is 3.91. The molecule has 1 unspecified atom stereocenters. The number of benzene rings is 2. The van der Waals surface area contributed by atoms with E-state index >= 15 is 0 Å². The smallest absolute Gasteiger partial charge is 0.308 e. The Labute approximate surface area is 176 Å². The van der Waals surface area contributed by atoms with Crippen LogP contribution in [-0.2, 0) is 25.5 Å². The number of Topliss-reactive ketones (excluding diaryl/α,β-unsaturated/α-hetero) is 1. The lowest BCUT2D eigenvalue weighted by atomic mass is 9.98. The summed E-state index contributed by atoms with van der Waals surface area (Å²) < 4.78 is 15.0. The Hall–Kier alpha value is -4.08. The van der Waals surface area contributed by atoms with Gasteiger partial charge in [0.2, 0.25) is 5.78 Å². The third-order valence-electron chi connectivity index (χ3n) is 3.91. The summed E-state index contributed by atoms with van der Waals surface area (Å²) in [6.45, 7) is 3.33. The van der Waals surface area contributed by atoms with Crippen LogP contribution in [-0.4, -0.2) is 45.1 Å². The molecule has 0 radical (unpaired) electrons. The molecule has 10 heteroatoms. The monoisotopic (exact) mass is 432 g/mol. The van der Waals surface area contributed by atoms with Gasteiger partial charge >= 0.3 is 17.9 Å². The van der Waals surface area contributed by atoms with Gasteiger partial charge in [0.25, 0.3) is 0 Å². The Morgan fingerprint density at radius 1 is 0.806 bits per heavy atom. The molecule has 10 nitrogen and oxygen atoms in total. The molecule has 0 aliphatic carbocycles. The van der Waals surface area contributed by atoms with Gasteiger partial charge in [-0.25, -0.2) is 0 Å². The molecule has 31 heavy (non-hydrogen) atoms. The normalized spacial score (nSPS) is 11.3. The fraction of sp³-hybridized carbons (Fsp3) is 0.238. The van der Waals surface area contributed by atoms with Crippen LogP contribution in [0.15, 0.2) is 30.3 Å². The molecule has 0 amide bonds. The molecule has 0 aromatic heterocycles. The number of hydrogen-bond acceptors (Lipinski definition) is 10. The third kappa shape index (κ3) is 6.20. The Bertz CT molecular complexity index is 1020. The van der Waals surface area contributed by atoms with Crippen LogP contribution < -0.4 is 9.47 Å². The lowest BCUT2D eigenvalue weighted by molar-refractivity contribution is -0.144. The van der Waals surface area contributed by atoms with Crippen molar-refractivity contribution >= 4 is 23.7 Å². The molecular weight excluding hydrogens is 412 g/mol. The second kappa shape index (κ2) is 9.61. The van der Waals surface area contributed by atoms with Gasteiger partial charge in [0, 0.05) is 50.5 Å². The van der Waals surface area contributed by atoms with E-state index in [1.54, 1.807) is 0 Å². The van der Waals surface area contributed by atoms with Crippen molar-refractivity contribution in [1.29, 1.82) is 0 Å². The van der Waals surface area contributed by atoms with E-state index < -0.39 is 53.5 Å². The highest BCUT2D eigenvalue weighted by atomic mass is 16.6. The molecule has 0 bridgehead atoms. The van der Waals surface area contributed by atoms with Crippen molar-refractivity contribution in [1.82, 2.24) is 0 Å². The molecule has 0 saturated carbocycles. The molecule has 2 aromatic carbocycles. The largest absolute Gasteiger partial charge is 0.508 e. The number of ether oxygens (including phenoxy) is 3. The SMILES string of the molecule is CC(=O)Oc1ccc(C(=O)C(Cc2c(O)cc(O)cc2O)OC(C)=O)cc1OC(C)=O. The van der Waals surface area contributed by atoms with Gasteiger partial charge in [0.05, 0.1) is 0 Å². The van der Waals surface area contributed by atoms with E-state index in [0.717, 1.165) is 39.0 Å². The molecule has 2 rings (SSSR count). The van der Waals surface area contributed by atoms with Crippen molar-refractivity contribution in [3.63, 3.8) is 0 Å². The Balaban J connectivity index is 2.44. The molecule has 0 spiro atoms. The standard InChI is InChI=1S/C21H20O10/c1-10(22)29-18-5-4-13(6-19(18)30-11(2)23)21(28)20(31-12(3)24)9-15-16(26)7-14(25)8-17(15)27/h4-8,20,25-27H,9H2,1-3H3. The van der Waals surface area contributed by atoms with Crippen LogP contribution in [0.2, 0.25) is 0 Å². The zero-order chi connectivity index (χ0) is 23.3. The number of rotatable bonds is 7. The van der Waals surface area contributed by atoms with E-state index in [2.05, 4.69) is 0 Å². The zero-order valence-electron chi connectivity index (χ0n) is 16.9. The lowest BCUT2D eigenvalue weighted by Crippen LogP contribution is -2.29. The first-order chi connectivity index (χ1) is 14.5. The predicted octanol–water partition coefficient (Wildman–Crippen LogP) is 2.01. The number of phenols is 3. The number of carbonyl (C=O) groups is 4. The summed E-state index contributed by atoms with van der Waals surface area (Å²) >= 11 is 0. The number of phenolic OH excluding ortho intramolecular Hbond substituents is 3. The van der Waals surface area contributed by atoms with Crippen LogP contribution in [0.1, 0.15) is 36.7 Å². The lowest BCUT2D eigenvalue weighted by Gasteiger charge is -2.18. The maximum Gasteiger partial charge on any atom is 0.308 e. The Morgan fingerprint density at radius 2 is 1.35 bits per heavy atom. The average molecular weight is 432 g/mol. The summed E-state index contributed by atoms with van der Waals surface area (Å²) in [4.78, 5) is 47.1. The summed E-state index contributed by atoms with van der Waals surface area (Å²) in [6.07, 6.45) is -1.88. The van der Waals surface area contributed by atoms with Crippen LogP contribution >= 0.6 is 0 Å². The Morgan fingerprint density at radius 3 is 1.87 bits per heavy atom. The van der Waals surface area contributed by atoms with Crippen LogP contribution in [0, 0.1) is 0 Å². The second-order valence-corrected chi connectivity index (χ2v) is 6.48. The fourth-order valence-corrected chi connectivity index (χ4v) is 2.73. The van der Waals surface area contributed by atoms with Gasteiger partial charge in [0.1, 0.15) is 17.2 Å². The first-order valence-electron chi connectivity index (χ1n) is 8.94. The minimum atomic E-state index is -1.47. The van der Waals surface area contributed by atoms with E-state index in [9.17, 15) is 34.5 Å². The first kappa shape index (κ1) is 23.2. The minimum absolute atomic E-state index is 0.0591. The highest BCUT2D eigenvalue weighted by Crippen LogP contribution is 2.34. The number of esters is 3. The molecule has 0 aliphatic rings. The molecule has 0 saturated heterocycles. The van der Waals surface area contributed by atoms with Crippen molar-refractivity contribution < 1.29 is 48.7 Å². The highest BCUT2D eigenvalue weighted by Gasteiger charge is 2.28. The summed E-state index contributed by atoms with van der Waals surface area (Å²) in [5.41, 5.74) is -0.190. The van der Waals surface area contributed by atoms with E-state index in [1.807, 2.05) is 0 Å². The molecule has 0 aliphatic heterocycles. The van der Waals surface area contributed by atoms with E-state index in [4.69, 9.17) is 14.2 Å². The minimum Gasteiger partial charge on any atom is -0.508 e. The van der Waals surface area contributed by atoms with Gasteiger partial charge in [-0.1, -0.05) is 0 Å².